The Bertz CT molecular complexity index is 294. The minimum atomic E-state index is -0.992. The Kier molecular flexibility index (Phi) is 4.28. The number of carboxylic acids is 2. The normalized spacial score (nSPS) is 17.1. The van der Waals surface area contributed by atoms with Gasteiger partial charge in [0, 0.05) is 19.5 Å². The van der Waals surface area contributed by atoms with Crippen molar-refractivity contribution in [1.29, 1.82) is 0 Å². The van der Waals surface area contributed by atoms with Crippen LogP contribution in [0.1, 0.15) is 25.7 Å². The average molecular weight is 229 g/mol. The number of nitrogens with zero attached hydrogens (tertiary/aromatic N) is 1. The van der Waals surface area contributed by atoms with Crippen LogP contribution < -0.4 is 0 Å². The van der Waals surface area contributed by atoms with E-state index in [0.717, 1.165) is 0 Å². The van der Waals surface area contributed by atoms with E-state index >= 15 is 0 Å². The van der Waals surface area contributed by atoms with Crippen LogP contribution in [0.3, 0.4) is 0 Å². The Labute approximate surface area is 92.9 Å². The summed E-state index contributed by atoms with van der Waals surface area (Å²) in [5, 5.41) is 17.2. The average Bonchev–Trinajstić information content (AvgIpc) is 2.26. The highest BCUT2D eigenvalue weighted by Crippen LogP contribution is 2.18. The van der Waals surface area contributed by atoms with E-state index in [1.54, 1.807) is 4.90 Å². The quantitative estimate of drug-likeness (QED) is 0.716. The van der Waals surface area contributed by atoms with Crippen LogP contribution in [0.4, 0.5) is 0 Å². The van der Waals surface area contributed by atoms with Gasteiger partial charge in [-0.15, -0.1) is 0 Å². The highest BCUT2D eigenvalue weighted by molar-refractivity contribution is 5.81. The third-order valence-electron chi connectivity index (χ3n) is 2.75. The maximum Gasteiger partial charge on any atom is 0.306 e. The molecule has 1 saturated heterocycles. The number of aliphatic carboxylic acids is 2. The van der Waals surface area contributed by atoms with Crippen LogP contribution in [0.25, 0.3) is 0 Å². The van der Waals surface area contributed by atoms with Gasteiger partial charge in [0.2, 0.25) is 5.91 Å². The fourth-order valence-corrected chi connectivity index (χ4v) is 1.75. The van der Waals surface area contributed by atoms with Crippen molar-refractivity contribution in [2.75, 3.05) is 13.1 Å². The van der Waals surface area contributed by atoms with Crippen molar-refractivity contribution in [2.45, 2.75) is 25.7 Å². The van der Waals surface area contributed by atoms with E-state index in [0.29, 0.717) is 25.9 Å². The van der Waals surface area contributed by atoms with Crippen molar-refractivity contribution in [2.24, 2.45) is 5.92 Å². The molecule has 1 heterocycles. The van der Waals surface area contributed by atoms with E-state index in [1.807, 2.05) is 0 Å². The molecule has 0 aromatic rings. The van der Waals surface area contributed by atoms with Gasteiger partial charge in [-0.05, 0) is 12.8 Å². The molecule has 0 spiro atoms. The Morgan fingerprint density at radius 2 is 1.62 bits per heavy atom. The van der Waals surface area contributed by atoms with Crippen molar-refractivity contribution in [3.63, 3.8) is 0 Å². The number of carboxylic acid groups (broad SMARTS) is 2. The minimum absolute atomic E-state index is 0.00687. The molecule has 0 radical (unpaired) electrons. The maximum atomic E-state index is 11.5. The van der Waals surface area contributed by atoms with E-state index in [9.17, 15) is 14.4 Å². The van der Waals surface area contributed by atoms with Crippen molar-refractivity contribution in [1.82, 2.24) is 4.90 Å². The van der Waals surface area contributed by atoms with Crippen LogP contribution in [0.15, 0.2) is 0 Å². The molecule has 0 aliphatic carbocycles. The van der Waals surface area contributed by atoms with Gasteiger partial charge >= 0.3 is 11.9 Å². The molecule has 1 amide bonds. The van der Waals surface area contributed by atoms with Gasteiger partial charge in [-0.3, -0.25) is 14.4 Å². The molecule has 1 aliphatic rings. The second-order valence-electron chi connectivity index (χ2n) is 3.89. The first kappa shape index (κ1) is 12.5. The van der Waals surface area contributed by atoms with E-state index in [2.05, 4.69) is 0 Å². The molecular formula is C10H15NO5. The second-order valence-corrected chi connectivity index (χ2v) is 3.89. The molecule has 0 unspecified atom stereocenters. The Morgan fingerprint density at radius 3 is 2.06 bits per heavy atom. The summed E-state index contributed by atoms with van der Waals surface area (Å²) in [6.45, 7) is 0.824. The number of likely N-dealkylation sites (tertiary alicyclic amines) is 1. The van der Waals surface area contributed by atoms with Gasteiger partial charge in [-0.1, -0.05) is 0 Å². The molecule has 1 aliphatic heterocycles. The Balaban J connectivity index is 2.33. The lowest BCUT2D eigenvalue weighted by molar-refractivity contribution is -0.146. The van der Waals surface area contributed by atoms with Gasteiger partial charge in [0.15, 0.2) is 0 Å². The summed E-state index contributed by atoms with van der Waals surface area (Å²) in [6, 6.07) is 0. The smallest absolute Gasteiger partial charge is 0.306 e. The number of hydrogen-bond acceptors (Lipinski definition) is 3. The van der Waals surface area contributed by atoms with Gasteiger partial charge in [0.05, 0.1) is 12.3 Å². The largest absolute Gasteiger partial charge is 0.481 e. The third kappa shape index (κ3) is 3.52. The number of hydrogen-bond donors (Lipinski definition) is 2. The third-order valence-corrected chi connectivity index (χ3v) is 2.75. The molecule has 0 aromatic heterocycles. The minimum Gasteiger partial charge on any atom is -0.481 e. The van der Waals surface area contributed by atoms with Crippen LogP contribution >= 0.6 is 0 Å². The zero-order valence-electron chi connectivity index (χ0n) is 8.89. The molecule has 1 rings (SSSR count). The topological polar surface area (TPSA) is 94.9 Å². The fraction of sp³-hybridized carbons (Fsp3) is 0.700. The zero-order chi connectivity index (χ0) is 12.1. The molecular weight excluding hydrogens is 214 g/mol. The van der Waals surface area contributed by atoms with Crippen LogP contribution in [-0.4, -0.2) is 46.0 Å². The molecule has 6 heteroatoms. The first-order valence-electron chi connectivity index (χ1n) is 5.23. The molecule has 0 bridgehead atoms. The molecule has 90 valence electrons. The number of rotatable bonds is 4. The van der Waals surface area contributed by atoms with Gasteiger partial charge in [-0.2, -0.15) is 0 Å². The summed E-state index contributed by atoms with van der Waals surface area (Å²) < 4.78 is 0. The van der Waals surface area contributed by atoms with E-state index < -0.39 is 11.9 Å². The lowest BCUT2D eigenvalue weighted by Gasteiger charge is -2.30. The molecule has 1 fully saturated rings. The van der Waals surface area contributed by atoms with Gasteiger partial charge in [-0.25, -0.2) is 0 Å². The molecule has 0 aromatic carbocycles. The summed E-state index contributed by atoms with van der Waals surface area (Å²) in [4.78, 5) is 34.0. The Hall–Kier alpha value is -1.59. The Morgan fingerprint density at radius 1 is 1.06 bits per heavy atom. The molecule has 6 nitrogen and oxygen atoms in total. The molecule has 2 N–H and O–H groups in total. The number of amides is 1. The summed E-state index contributed by atoms with van der Waals surface area (Å²) >= 11 is 0. The summed E-state index contributed by atoms with van der Waals surface area (Å²) in [7, 11) is 0. The predicted molar refractivity (Wildman–Crippen MR) is 53.8 cm³/mol. The summed E-state index contributed by atoms with van der Waals surface area (Å²) in [5.41, 5.74) is 0. The number of carbonyl (C=O) groups excluding carboxylic acids is 1. The first-order valence-corrected chi connectivity index (χ1v) is 5.23. The lowest BCUT2D eigenvalue weighted by atomic mass is 9.97. The molecule has 16 heavy (non-hydrogen) atoms. The number of carbonyl (C=O) groups is 3. The molecule has 0 saturated carbocycles. The van der Waals surface area contributed by atoms with Crippen LogP contribution in [-0.2, 0) is 14.4 Å². The molecule has 0 atom stereocenters. The van der Waals surface area contributed by atoms with Gasteiger partial charge in [0.1, 0.15) is 0 Å². The lowest BCUT2D eigenvalue weighted by Crippen LogP contribution is -2.40. The van der Waals surface area contributed by atoms with Crippen molar-refractivity contribution < 1.29 is 24.6 Å². The van der Waals surface area contributed by atoms with E-state index in [-0.39, 0.29) is 24.7 Å². The van der Waals surface area contributed by atoms with Crippen LogP contribution in [0.5, 0.6) is 0 Å². The summed E-state index contributed by atoms with van der Waals surface area (Å²) in [6.07, 6.45) is 0.729. The summed E-state index contributed by atoms with van der Waals surface area (Å²) in [5.74, 6) is -2.39. The second kappa shape index (κ2) is 5.48. The van der Waals surface area contributed by atoms with Crippen molar-refractivity contribution in [3.05, 3.63) is 0 Å². The van der Waals surface area contributed by atoms with Crippen molar-refractivity contribution in [3.8, 4) is 0 Å². The monoisotopic (exact) mass is 229 g/mol. The van der Waals surface area contributed by atoms with Crippen LogP contribution in [0, 0.1) is 5.92 Å². The van der Waals surface area contributed by atoms with E-state index in [1.165, 1.54) is 0 Å². The van der Waals surface area contributed by atoms with Crippen LogP contribution in [0.2, 0.25) is 0 Å². The zero-order valence-corrected chi connectivity index (χ0v) is 8.89. The number of piperidine rings is 1. The first-order chi connectivity index (χ1) is 7.50. The predicted octanol–water partition coefficient (Wildman–Crippen LogP) is 0.174. The SMILES string of the molecule is O=C(O)CCC(=O)N1CCC(C(=O)O)CC1. The fourth-order valence-electron chi connectivity index (χ4n) is 1.75. The standard InChI is InChI=1S/C10H15NO5/c12-8(1-2-9(13)14)11-5-3-7(4-6-11)10(15)16/h7H,1-6H2,(H,13,14)(H,15,16). The maximum absolute atomic E-state index is 11.5. The van der Waals surface area contributed by atoms with Crippen molar-refractivity contribution >= 4 is 17.8 Å². The highest BCUT2D eigenvalue weighted by Gasteiger charge is 2.26. The van der Waals surface area contributed by atoms with Gasteiger partial charge in [0.25, 0.3) is 0 Å². The van der Waals surface area contributed by atoms with E-state index in [4.69, 9.17) is 10.2 Å². The highest BCUT2D eigenvalue weighted by atomic mass is 16.4. The van der Waals surface area contributed by atoms with Gasteiger partial charge < -0.3 is 15.1 Å².